The fourth-order valence-corrected chi connectivity index (χ4v) is 1.20. The van der Waals surface area contributed by atoms with Crippen LogP contribution in [-0.4, -0.2) is 31.8 Å². The predicted octanol–water partition coefficient (Wildman–Crippen LogP) is -0.485. The zero-order valence-corrected chi connectivity index (χ0v) is 5.90. The SMILES string of the molecule is O=[As](=O)N1CCN=N1. The van der Waals surface area contributed by atoms with Crippen LogP contribution in [0.3, 0.4) is 0 Å². The molecule has 1 heterocycles. The maximum absolute atomic E-state index is 10.1. The minimum atomic E-state index is -3.21. The Labute approximate surface area is 50.3 Å². The molecule has 0 saturated heterocycles. The van der Waals surface area contributed by atoms with E-state index >= 15 is 0 Å². The molecule has 0 aliphatic carbocycles. The molecule has 0 amide bonds. The van der Waals surface area contributed by atoms with Gasteiger partial charge in [-0.25, -0.2) is 0 Å². The molecule has 1 aliphatic heterocycles. The zero-order chi connectivity index (χ0) is 5.98. The fraction of sp³-hybridized carbons (Fsp3) is 1.00. The molecule has 1 rings (SSSR count). The molecule has 0 spiro atoms. The van der Waals surface area contributed by atoms with E-state index in [2.05, 4.69) is 10.3 Å². The summed E-state index contributed by atoms with van der Waals surface area (Å²) in [5.74, 6) is 0. The van der Waals surface area contributed by atoms with E-state index in [4.69, 9.17) is 0 Å². The molecule has 0 aromatic heterocycles. The number of hydrogen-bond donors (Lipinski definition) is 0. The van der Waals surface area contributed by atoms with Crippen LogP contribution >= 0.6 is 0 Å². The van der Waals surface area contributed by atoms with Gasteiger partial charge in [0.05, 0.1) is 0 Å². The van der Waals surface area contributed by atoms with Crippen LogP contribution in [0.4, 0.5) is 0 Å². The first kappa shape index (κ1) is 5.69. The van der Waals surface area contributed by atoms with Crippen molar-refractivity contribution in [1.29, 1.82) is 0 Å². The quantitative estimate of drug-likeness (QED) is 0.508. The van der Waals surface area contributed by atoms with Gasteiger partial charge in [-0.2, -0.15) is 0 Å². The minimum absolute atomic E-state index is 0.438. The maximum atomic E-state index is 10.1. The summed E-state index contributed by atoms with van der Waals surface area (Å²) in [7, 11) is 0. The number of rotatable bonds is 1. The van der Waals surface area contributed by atoms with E-state index in [1.54, 1.807) is 0 Å². The molecule has 0 unspecified atom stereocenters. The molecule has 0 radical (unpaired) electrons. The van der Waals surface area contributed by atoms with Crippen molar-refractivity contribution in [2.45, 2.75) is 0 Å². The molecular formula is C2H4AsN3O2. The summed E-state index contributed by atoms with van der Waals surface area (Å²) < 4.78 is 21.2. The summed E-state index contributed by atoms with van der Waals surface area (Å²) in [4.78, 5) is 0. The third kappa shape index (κ3) is 1.04. The van der Waals surface area contributed by atoms with Crippen LogP contribution < -0.4 is 0 Å². The molecule has 0 aromatic rings. The Hall–Kier alpha value is -0.442. The van der Waals surface area contributed by atoms with Gasteiger partial charge in [-0.15, -0.1) is 0 Å². The topological polar surface area (TPSA) is 62.1 Å². The van der Waals surface area contributed by atoms with Crippen molar-refractivity contribution in [3.8, 4) is 0 Å². The number of hydrogen-bond acceptors (Lipinski definition) is 4. The second kappa shape index (κ2) is 2.22. The van der Waals surface area contributed by atoms with Gasteiger partial charge >= 0.3 is 49.6 Å². The Morgan fingerprint density at radius 1 is 1.50 bits per heavy atom. The van der Waals surface area contributed by atoms with E-state index in [9.17, 15) is 7.48 Å². The van der Waals surface area contributed by atoms with Gasteiger partial charge in [0.2, 0.25) is 0 Å². The van der Waals surface area contributed by atoms with Crippen LogP contribution in [0, 0.1) is 0 Å². The summed E-state index contributed by atoms with van der Waals surface area (Å²) >= 11 is -3.21. The molecule has 44 valence electrons. The average molecular weight is 177 g/mol. The van der Waals surface area contributed by atoms with Gasteiger partial charge in [-0.3, -0.25) is 0 Å². The molecule has 8 heavy (non-hydrogen) atoms. The predicted molar refractivity (Wildman–Crippen MR) is 23.6 cm³/mol. The third-order valence-corrected chi connectivity index (χ3v) is 2.13. The van der Waals surface area contributed by atoms with E-state index in [0.717, 1.165) is 3.93 Å². The summed E-state index contributed by atoms with van der Waals surface area (Å²) in [6, 6.07) is 0. The monoisotopic (exact) mass is 177 g/mol. The van der Waals surface area contributed by atoms with Crippen LogP contribution in [0.5, 0.6) is 0 Å². The molecule has 5 nitrogen and oxygen atoms in total. The molecule has 0 saturated carbocycles. The van der Waals surface area contributed by atoms with Gasteiger partial charge in [0.1, 0.15) is 0 Å². The van der Waals surface area contributed by atoms with Crippen LogP contribution in [-0.2, 0) is 7.48 Å². The molecule has 0 bridgehead atoms. The van der Waals surface area contributed by atoms with E-state index in [1.165, 1.54) is 0 Å². The van der Waals surface area contributed by atoms with Crippen molar-refractivity contribution in [1.82, 2.24) is 3.93 Å². The van der Waals surface area contributed by atoms with Gasteiger partial charge < -0.3 is 0 Å². The van der Waals surface area contributed by atoms with Crippen molar-refractivity contribution >= 4 is 14.8 Å². The van der Waals surface area contributed by atoms with Crippen LogP contribution in [0.15, 0.2) is 10.3 Å². The Balaban J connectivity index is 2.61. The van der Waals surface area contributed by atoms with Crippen LogP contribution in [0.1, 0.15) is 0 Å². The van der Waals surface area contributed by atoms with Crippen LogP contribution in [0.25, 0.3) is 0 Å². The van der Waals surface area contributed by atoms with Gasteiger partial charge in [0.15, 0.2) is 0 Å². The van der Waals surface area contributed by atoms with E-state index < -0.39 is 14.8 Å². The molecule has 0 atom stereocenters. The first-order chi connectivity index (χ1) is 3.80. The Kier molecular flexibility index (Phi) is 1.58. The van der Waals surface area contributed by atoms with E-state index in [-0.39, 0.29) is 0 Å². The van der Waals surface area contributed by atoms with Gasteiger partial charge in [0, 0.05) is 0 Å². The first-order valence-electron chi connectivity index (χ1n) is 2.10. The Bertz CT molecular complexity index is 166. The van der Waals surface area contributed by atoms with Crippen LogP contribution in [0.2, 0.25) is 0 Å². The standard InChI is InChI=1S/C2H4AsN3O2/c7-3(8)6-2-1-4-5-6/h1-2H2. The second-order valence-electron chi connectivity index (χ2n) is 1.29. The van der Waals surface area contributed by atoms with Crippen molar-refractivity contribution in [2.75, 3.05) is 13.1 Å². The summed E-state index contributed by atoms with van der Waals surface area (Å²) in [5, 5.41) is 6.81. The molecule has 0 fully saturated rings. The fourth-order valence-electron chi connectivity index (χ4n) is 0.411. The first-order valence-corrected chi connectivity index (χ1v) is 4.47. The summed E-state index contributed by atoms with van der Waals surface area (Å²) in [6.45, 7) is 0.947. The zero-order valence-electron chi connectivity index (χ0n) is 4.02. The molecule has 0 aromatic carbocycles. The molecule has 6 heteroatoms. The molecule has 1 aliphatic rings. The average Bonchev–Trinajstić information content (AvgIpc) is 2.12. The number of nitrogens with zero attached hydrogens (tertiary/aromatic N) is 3. The molecular weight excluding hydrogens is 173 g/mol. The Morgan fingerprint density at radius 2 is 2.25 bits per heavy atom. The van der Waals surface area contributed by atoms with Gasteiger partial charge in [0.25, 0.3) is 0 Å². The summed E-state index contributed by atoms with van der Waals surface area (Å²) in [5.41, 5.74) is 0. The van der Waals surface area contributed by atoms with E-state index in [1.807, 2.05) is 0 Å². The molecule has 0 N–H and O–H groups in total. The normalized spacial score (nSPS) is 17.2. The van der Waals surface area contributed by atoms with Crippen molar-refractivity contribution in [3.05, 3.63) is 0 Å². The summed E-state index contributed by atoms with van der Waals surface area (Å²) in [6.07, 6.45) is 0. The van der Waals surface area contributed by atoms with Crippen molar-refractivity contribution < 1.29 is 7.48 Å². The van der Waals surface area contributed by atoms with Gasteiger partial charge in [-0.1, -0.05) is 0 Å². The van der Waals surface area contributed by atoms with Crippen molar-refractivity contribution in [3.63, 3.8) is 0 Å². The van der Waals surface area contributed by atoms with E-state index in [0.29, 0.717) is 13.1 Å². The third-order valence-electron chi connectivity index (χ3n) is 0.755. The van der Waals surface area contributed by atoms with Crippen molar-refractivity contribution in [2.24, 2.45) is 10.3 Å². The van der Waals surface area contributed by atoms with Gasteiger partial charge in [-0.05, 0) is 0 Å². The Morgan fingerprint density at radius 3 is 2.50 bits per heavy atom. The second-order valence-corrected chi connectivity index (χ2v) is 3.25.